The third-order valence-electron chi connectivity index (χ3n) is 2.28. The van der Waals surface area contributed by atoms with E-state index in [2.05, 4.69) is 5.10 Å². The first-order valence-corrected chi connectivity index (χ1v) is 5.32. The van der Waals surface area contributed by atoms with Gasteiger partial charge in [0.05, 0.1) is 18.4 Å². The van der Waals surface area contributed by atoms with Crippen LogP contribution in [0.25, 0.3) is 5.69 Å². The number of benzene rings is 1. The molecule has 94 valence electrons. The maximum absolute atomic E-state index is 12.8. The van der Waals surface area contributed by atoms with E-state index in [1.165, 1.54) is 29.2 Å². The van der Waals surface area contributed by atoms with Crippen molar-refractivity contribution in [2.75, 3.05) is 6.61 Å². The number of ether oxygens (including phenoxy) is 1. The lowest BCUT2D eigenvalue weighted by molar-refractivity contribution is 0.0526. The number of phenolic OH excluding ortho intramolecular Hbond substituents is 1. The average Bonchev–Trinajstić information content (AvgIpc) is 2.78. The molecule has 1 aromatic carbocycles. The Morgan fingerprint density at radius 3 is 3.00 bits per heavy atom. The second-order valence-electron chi connectivity index (χ2n) is 3.53. The monoisotopic (exact) mass is 250 g/mol. The van der Waals surface area contributed by atoms with Gasteiger partial charge < -0.3 is 9.84 Å². The Kier molecular flexibility index (Phi) is 3.27. The topological polar surface area (TPSA) is 64.3 Å². The Hall–Kier alpha value is -2.37. The molecule has 6 heteroatoms. The van der Waals surface area contributed by atoms with Crippen molar-refractivity contribution in [3.05, 3.63) is 42.0 Å². The number of aromatic nitrogens is 2. The maximum atomic E-state index is 12.8. The molecule has 0 amide bonds. The van der Waals surface area contributed by atoms with Crippen molar-refractivity contribution in [3.63, 3.8) is 0 Å². The molecule has 1 heterocycles. The first-order chi connectivity index (χ1) is 8.61. The summed E-state index contributed by atoms with van der Waals surface area (Å²) >= 11 is 0. The van der Waals surface area contributed by atoms with Gasteiger partial charge in [-0.05, 0) is 19.1 Å². The van der Waals surface area contributed by atoms with Crippen molar-refractivity contribution < 1.29 is 19.0 Å². The van der Waals surface area contributed by atoms with Crippen LogP contribution in [-0.2, 0) is 4.74 Å². The molecule has 0 saturated heterocycles. The predicted octanol–water partition coefficient (Wildman–Crippen LogP) is 1.89. The van der Waals surface area contributed by atoms with Gasteiger partial charge in [-0.2, -0.15) is 5.10 Å². The highest BCUT2D eigenvalue weighted by Gasteiger charge is 2.12. The number of nitrogens with zero attached hydrogens (tertiary/aromatic N) is 2. The van der Waals surface area contributed by atoms with Crippen LogP contribution in [0.4, 0.5) is 4.39 Å². The van der Waals surface area contributed by atoms with Crippen LogP contribution >= 0.6 is 0 Å². The van der Waals surface area contributed by atoms with E-state index in [0.29, 0.717) is 0 Å². The van der Waals surface area contributed by atoms with Gasteiger partial charge in [-0.3, -0.25) is 0 Å². The zero-order valence-corrected chi connectivity index (χ0v) is 9.63. The summed E-state index contributed by atoms with van der Waals surface area (Å²) in [6.07, 6.45) is 2.73. The Labute approximate surface area is 102 Å². The molecule has 0 unspecified atom stereocenters. The van der Waals surface area contributed by atoms with E-state index in [1.807, 2.05) is 0 Å². The van der Waals surface area contributed by atoms with Crippen LogP contribution in [0.15, 0.2) is 30.6 Å². The lowest BCUT2D eigenvalue weighted by Gasteiger charge is -2.03. The van der Waals surface area contributed by atoms with Crippen LogP contribution < -0.4 is 0 Å². The molecule has 0 spiro atoms. The molecule has 2 aromatic rings. The highest BCUT2D eigenvalue weighted by Crippen LogP contribution is 2.22. The summed E-state index contributed by atoms with van der Waals surface area (Å²) in [6.45, 7) is 1.97. The molecule has 2 rings (SSSR count). The summed E-state index contributed by atoms with van der Waals surface area (Å²) in [5.41, 5.74) is 0.549. The minimum absolute atomic E-state index is 0.256. The first-order valence-electron chi connectivity index (χ1n) is 5.32. The fraction of sp³-hybridized carbons (Fsp3) is 0.167. The van der Waals surface area contributed by atoms with Crippen molar-refractivity contribution in [2.45, 2.75) is 6.92 Å². The van der Waals surface area contributed by atoms with Crippen LogP contribution in [0.5, 0.6) is 5.75 Å². The Bertz CT molecular complexity index is 580. The van der Waals surface area contributed by atoms with E-state index in [1.54, 1.807) is 6.92 Å². The normalized spacial score (nSPS) is 10.3. The van der Waals surface area contributed by atoms with Crippen molar-refractivity contribution in [2.24, 2.45) is 0 Å². The van der Waals surface area contributed by atoms with Gasteiger partial charge in [0.15, 0.2) is 0 Å². The Balaban J connectivity index is 2.32. The number of halogens is 1. The lowest BCUT2D eigenvalue weighted by Crippen LogP contribution is -2.03. The largest absolute Gasteiger partial charge is 0.506 e. The van der Waals surface area contributed by atoms with Gasteiger partial charge in [0.2, 0.25) is 0 Å². The number of esters is 1. The summed E-state index contributed by atoms with van der Waals surface area (Å²) in [4.78, 5) is 11.4. The molecular formula is C12H11FN2O3. The summed E-state index contributed by atoms with van der Waals surface area (Å²) in [7, 11) is 0. The van der Waals surface area contributed by atoms with Crippen LogP contribution in [0, 0.1) is 5.82 Å². The summed E-state index contributed by atoms with van der Waals surface area (Å²) in [6, 6.07) is 3.54. The second kappa shape index (κ2) is 4.87. The van der Waals surface area contributed by atoms with E-state index in [-0.39, 0.29) is 23.6 Å². The molecule has 0 atom stereocenters. The zero-order chi connectivity index (χ0) is 13.1. The molecular weight excluding hydrogens is 239 g/mol. The highest BCUT2D eigenvalue weighted by molar-refractivity contribution is 5.88. The molecule has 0 radical (unpaired) electrons. The number of phenols is 1. The molecule has 0 fully saturated rings. The van der Waals surface area contributed by atoms with Gasteiger partial charge in [0.25, 0.3) is 0 Å². The van der Waals surface area contributed by atoms with Gasteiger partial charge in [-0.15, -0.1) is 0 Å². The number of rotatable bonds is 3. The molecule has 18 heavy (non-hydrogen) atoms. The van der Waals surface area contributed by atoms with Crippen LogP contribution in [0.3, 0.4) is 0 Å². The standard InChI is InChI=1S/C12H11FN2O3/c1-2-18-12(17)8-6-14-15(7-8)10-4-3-9(13)5-11(10)16/h3-7,16H,2H2,1H3. The van der Waals surface area contributed by atoms with Gasteiger partial charge in [0.1, 0.15) is 17.3 Å². The van der Waals surface area contributed by atoms with Crippen LogP contribution in [0.2, 0.25) is 0 Å². The second-order valence-corrected chi connectivity index (χ2v) is 3.53. The summed E-state index contributed by atoms with van der Waals surface area (Å²) < 4.78 is 18.9. The molecule has 1 aromatic heterocycles. The number of hydrogen-bond donors (Lipinski definition) is 1. The third-order valence-corrected chi connectivity index (χ3v) is 2.28. The molecule has 0 aliphatic carbocycles. The van der Waals surface area contributed by atoms with Crippen molar-refractivity contribution in [3.8, 4) is 11.4 Å². The summed E-state index contributed by atoms with van der Waals surface area (Å²) in [5.74, 6) is -1.30. The first kappa shape index (κ1) is 12.1. The average molecular weight is 250 g/mol. The number of carbonyl (C=O) groups is 1. The van der Waals surface area contributed by atoms with E-state index in [4.69, 9.17) is 4.74 Å². The Morgan fingerprint density at radius 2 is 2.33 bits per heavy atom. The van der Waals surface area contributed by atoms with Crippen molar-refractivity contribution >= 4 is 5.97 Å². The van der Waals surface area contributed by atoms with E-state index < -0.39 is 11.8 Å². The van der Waals surface area contributed by atoms with Gasteiger partial charge in [-0.25, -0.2) is 13.9 Å². The molecule has 0 bridgehead atoms. The number of aromatic hydroxyl groups is 1. The van der Waals surface area contributed by atoms with Gasteiger partial charge in [0, 0.05) is 12.3 Å². The van der Waals surface area contributed by atoms with E-state index in [9.17, 15) is 14.3 Å². The zero-order valence-electron chi connectivity index (χ0n) is 9.63. The SMILES string of the molecule is CCOC(=O)c1cnn(-c2ccc(F)cc2O)c1. The number of carbonyl (C=O) groups excluding carboxylic acids is 1. The number of hydrogen-bond acceptors (Lipinski definition) is 4. The lowest BCUT2D eigenvalue weighted by atomic mass is 10.3. The minimum Gasteiger partial charge on any atom is -0.506 e. The smallest absolute Gasteiger partial charge is 0.341 e. The van der Waals surface area contributed by atoms with Crippen molar-refractivity contribution in [1.29, 1.82) is 0 Å². The molecule has 0 aliphatic heterocycles. The molecule has 5 nitrogen and oxygen atoms in total. The highest BCUT2D eigenvalue weighted by atomic mass is 19.1. The van der Waals surface area contributed by atoms with Crippen LogP contribution in [0.1, 0.15) is 17.3 Å². The third kappa shape index (κ3) is 2.32. The van der Waals surface area contributed by atoms with E-state index in [0.717, 1.165) is 6.07 Å². The fourth-order valence-electron chi connectivity index (χ4n) is 1.46. The molecule has 1 N–H and O–H groups in total. The molecule has 0 saturated carbocycles. The minimum atomic E-state index is -0.547. The predicted molar refractivity (Wildman–Crippen MR) is 61.1 cm³/mol. The van der Waals surface area contributed by atoms with E-state index >= 15 is 0 Å². The van der Waals surface area contributed by atoms with Gasteiger partial charge in [-0.1, -0.05) is 0 Å². The quantitative estimate of drug-likeness (QED) is 0.845. The summed E-state index contributed by atoms with van der Waals surface area (Å²) in [5, 5.41) is 13.5. The Morgan fingerprint density at radius 1 is 1.56 bits per heavy atom. The maximum Gasteiger partial charge on any atom is 0.341 e. The molecule has 0 aliphatic rings. The fourth-order valence-corrected chi connectivity index (χ4v) is 1.46. The van der Waals surface area contributed by atoms with Crippen LogP contribution in [-0.4, -0.2) is 27.5 Å². The van der Waals surface area contributed by atoms with Crippen molar-refractivity contribution in [1.82, 2.24) is 9.78 Å². The van der Waals surface area contributed by atoms with Gasteiger partial charge >= 0.3 is 5.97 Å².